The summed E-state index contributed by atoms with van der Waals surface area (Å²) < 4.78 is 0. The van der Waals surface area contributed by atoms with Crippen LogP contribution in [0.3, 0.4) is 0 Å². The Morgan fingerprint density at radius 2 is 1.89 bits per heavy atom. The Bertz CT molecular complexity index is 249. The van der Waals surface area contributed by atoms with Gasteiger partial charge in [-0.05, 0) is 33.4 Å². The van der Waals surface area contributed by atoms with Crippen molar-refractivity contribution >= 4 is 5.91 Å². The number of amides is 1. The zero-order valence-corrected chi connectivity index (χ0v) is 12.2. The average Bonchev–Trinajstić information content (AvgIpc) is 2.82. The van der Waals surface area contributed by atoms with Gasteiger partial charge in [0.05, 0.1) is 6.04 Å². The first-order valence-corrected chi connectivity index (χ1v) is 7.27. The van der Waals surface area contributed by atoms with Gasteiger partial charge in [0.15, 0.2) is 0 Å². The number of hydrogen-bond donors (Lipinski definition) is 1. The molecular formula is C14H29N3O. The minimum absolute atomic E-state index is 0.158. The van der Waals surface area contributed by atoms with E-state index in [9.17, 15) is 4.79 Å². The molecule has 1 fully saturated rings. The van der Waals surface area contributed by atoms with Crippen LogP contribution in [-0.2, 0) is 4.79 Å². The van der Waals surface area contributed by atoms with Gasteiger partial charge in [-0.15, -0.1) is 0 Å². The van der Waals surface area contributed by atoms with Crippen LogP contribution >= 0.6 is 0 Å². The van der Waals surface area contributed by atoms with E-state index >= 15 is 0 Å². The molecule has 1 amide bonds. The van der Waals surface area contributed by atoms with Gasteiger partial charge in [0, 0.05) is 19.1 Å². The second-order valence-electron chi connectivity index (χ2n) is 5.67. The smallest absolute Gasteiger partial charge is 0.239 e. The van der Waals surface area contributed by atoms with Crippen LogP contribution in [-0.4, -0.2) is 55.0 Å². The summed E-state index contributed by atoms with van der Waals surface area (Å²) in [6.45, 7) is 3.81. The van der Waals surface area contributed by atoms with Crippen LogP contribution in [0, 0.1) is 0 Å². The van der Waals surface area contributed by atoms with Crippen LogP contribution in [0.4, 0.5) is 0 Å². The van der Waals surface area contributed by atoms with Gasteiger partial charge in [0.25, 0.3) is 0 Å². The fraction of sp³-hybridized carbons (Fsp3) is 0.929. The van der Waals surface area contributed by atoms with Crippen LogP contribution in [0.25, 0.3) is 0 Å². The van der Waals surface area contributed by atoms with Crippen LogP contribution in [0.5, 0.6) is 0 Å². The topological polar surface area (TPSA) is 49.6 Å². The monoisotopic (exact) mass is 255 g/mol. The molecule has 1 saturated carbocycles. The van der Waals surface area contributed by atoms with Crippen molar-refractivity contribution in [1.82, 2.24) is 9.80 Å². The summed E-state index contributed by atoms with van der Waals surface area (Å²) in [5.74, 6) is 0.158. The molecule has 1 rings (SSSR count). The molecule has 1 atom stereocenters. The summed E-state index contributed by atoms with van der Waals surface area (Å²) in [7, 11) is 4.09. The molecule has 106 valence electrons. The van der Waals surface area contributed by atoms with E-state index < -0.39 is 0 Å². The van der Waals surface area contributed by atoms with Crippen LogP contribution in [0.15, 0.2) is 0 Å². The third-order valence-electron chi connectivity index (χ3n) is 3.75. The predicted molar refractivity (Wildman–Crippen MR) is 75.4 cm³/mol. The number of hydrogen-bond acceptors (Lipinski definition) is 3. The molecule has 0 spiro atoms. The highest BCUT2D eigenvalue weighted by Crippen LogP contribution is 2.24. The molecule has 0 bridgehead atoms. The second kappa shape index (κ2) is 7.74. The largest absolute Gasteiger partial charge is 0.337 e. The maximum atomic E-state index is 12.4. The lowest BCUT2D eigenvalue weighted by Crippen LogP contribution is -2.50. The van der Waals surface area contributed by atoms with E-state index in [2.05, 4.69) is 11.8 Å². The quantitative estimate of drug-likeness (QED) is 0.749. The van der Waals surface area contributed by atoms with Crippen molar-refractivity contribution in [3.8, 4) is 0 Å². The fourth-order valence-corrected chi connectivity index (χ4v) is 2.64. The number of nitrogens with two attached hydrogens (primary N) is 1. The zero-order chi connectivity index (χ0) is 13.5. The van der Waals surface area contributed by atoms with Crippen molar-refractivity contribution in [2.45, 2.75) is 57.5 Å². The highest BCUT2D eigenvalue weighted by atomic mass is 16.2. The van der Waals surface area contributed by atoms with Crippen LogP contribution in [0.1, 0.15) is 45.4 Å². The van der Waals surface area contributed by atoms with E-state index in [0.717, 1.165) is 38.8 Å². The number of nitrogens with zero attached hydrogens (tertiary/aromatic N) is 2. The summed E-state index contributed by atoms with van der Waals surface area (Å²) in [5.41, 5.74) is 6.00. The van der Waals surface area contributed by atoms with E-state index in [-0.39, 0.29) is 11.9 Å². The van der Waals surface area contributed by atoms with Gasteiger partial charge in [-0.3, -0.25) is 4.79 Å². The molecule has 0 aromatic carbocycles. The Kier molecular flexibility index (Phi) is 6.65. The highest BCUT2D eigenvalue weighted by molar-refractivity contribution is 5.82. The molecule has 0 aromatic rings. The molecule has 0 aromatic heterocycles. The standard InChI is InChI=1S/C14H29N3O/c1-4-7-13(15)14(18)17(11-10-16(2)3)12-8-5-6-9-12/h12-13H,4-11,15H2,1-3H3. The average molecular weight is 255 g/mol. The Balaban J connectivity index is 2.60. The third-order valence-corrected chi connectivity index (χ3v) is 3.75. The summed E-state index contributed by atoms with van der Waals surface area (Å²) in [4.78, 5) is 16.6. The van der Waals surface area contributed by atoms with Crippen molar-refractivity contribution < 1.29 is 4.79 Å². The van der Waals surface area contributed by atoms with E-state index in [0.29, 0.717) is 6.04 Å². The summed E-state index contributed by atoms with van der Waals surface area (Å²) in [6, 6.07) is 0.123. The molecule has 0 radical (unpaired) electrons. The molecule has 2 N–H and O–H groups in total. The van der Waals surface area contributed by atoms with Gasteiger partial charge < -0.3 is 15.5 Å². The van der Waals surface area contributed by atoms with Crippen LogP contribution < -0.4 is 5.73 Å². The van der Waals surface area contributed by atoms with E-state index in [1.807, 2.05) is 19.0 Å². The molecule has 4 nitrogen and oxygen atoms in total. The first kappa shape index (κ1) is 15.4. The molecule has 0 heterocycles. The van der Waals surface area contributed by atoms with E-state index in [1.54, 1.807) is 0 Å². The Labute approximate surface area is 111 Å². The second-order valence-corrected chi connectivity index (χ2v) is 5.67. The summed E-state index contributed by atoms with van der Waals surface area (Å²) >= 11 is 0. The Morgan fingerprint density at radius 1 is 1.28 bits per heavy atom. The molecule has 1 aliphatic rings. The minimum atomic E-state index is -0.308. The molecule has 18 heavy (non-hydrogen) atoms. The predicted octanol–water partition coefficient (Wildman–Crippen LogP) is 1.45. The van der Waals surface area contributed by atoms with E-state index in [4.69, 9.17) is 5.73 Å². The van der Waals surface area contributed by atoms with Gasteiger partial charge >= 0.3 is 0 Å². The van der Waals surface area contributed by atoms with Gasteiger partial charge in [-0.25, -0.2) is 0 Å². The minimum Gasteiger partial charge on any atom is -0.337 e. The molecular weight excluding hydrogens is 226 g/mol. The zero-order valence-electron chi connectivity index (χ0n) is 12.2. The van der Waals surface area contributed by atoms with Crippen molar-refractivity contribution in [3.05, 3.63) is 0 Å². The van der Waals surface area contributed by atoms with Crippen molar-refractivity contribution in [3.63, 3.8) is 0 Å². The lowest BCUT2D eigenvalue weighted by Gasteiger charge is -2.32. The Morgan fingerprint density at radius 3 is 2.39 bits per heavy atom. The highest BCUT2D eigenvalue weighted by Gasteiger charge is 2.29. The van der Waals surface area contributed by atoms with Crippen LogP contribution in [0.2, 0.25) is 0 Å². The number of carbonyl (C=O) groups excluding carboxylic acids is 1. The first-order valence-electron chi connectivity index (χ1n) is 7.27. The van der Waals surface area contributed by atoms with E-state index in [1.165, 1.54) is 12.8 Å². The number of carbonyl (C=O) groups is 1. The van der Waals surface area contributed by atoms with Crippen molar-refractivity contribution in [2.75, 3.05) is 27.2 Å². The number of rotatable bonds is 7. The fourth-order valence-electron chi connectivity index (χ4n) is 2.64. The normalized spacial score (nSPS) is 18.3. The summed E-state index contributed by atoms with van der Waals surface area (Å²) in [5, 5.41) is 0. The molecule has 1 aliphatic carbocycles. The van der Waals surface area contributed by atoms with Gasteiger partial charge in [0.1, 0.15) is 0 Å². The van der Waals surface area contributed by atoms with Crippen molar-refractivity contribution in [1.29, 1.82) is 0 Å². The number of likely N-dealkylation sites (N-methyl/N-ethyl adjacent to an activating group) is 1. The molecule has 0 aliphatic heterocycles. The summed E-state index contributed by atoms with van der Waals surface area (Å²) in [6.07, 6.45) is 6.57. The third kappa shape index (κ3) is 4.58. The first-order chi connectivity index (χ1) is 8.56. The van der Waals surface area contributed by atoms with Crippen molar-refractivity contribution in [2.24, 2.45) is 5.73 Å². The van der Waals surface area contributed by atoms with Gasteiger partial charge in [-0.1, -0.05) is 26.2 Å². The lowest BCUT2D eigenvalue weighted by molar-refractivity contribution is -0.135. The molecule has 1 unspecified atom stereocenters. The Hall–Kier alpha value is -0.610. The lowest BCUT2D eigenvalue weighted by atomic mass is 10.1. The van der Waals surface area contributed by atoms with Gasteiger partial charge in [0.2, 0.25) is 5.91 Å². The maximum absolute atomic E-state index is 12.4. The molecule has 4 heteroatoms. The SMILES string of the molecule is CCCC(N)C(=O)N(CCN(C)C)C1CCCC1. The maximum Gasteiger partial charge on any atom is 0.239 e. The molecule has 0 saturated heterocycles. The van der Waals surface area contributed by atoms with Gasteiger partial charge in [-0.2, -0.15) is 0 Å².